The molecule has 0 saturated carbocycles. The van der Waals surface area contributed by atoms with Crippen LogP contribution in [0.3, 0.4) is 0 Å². The molecule has 0 heterocycles. The average molecular weight is 129 g/mol. The van der Waals surface area contributed by atoms with Crippen LogP contribution >= 0.6 is 0 Å². The molecule has 0 atom stereocenters. The fourth-order valence-corrected chi connectivity index (χ4v) is 0.854. The summed E-state index contributed by atoms with van der Waals surface area (Å²) in [6.07, 6.45) is 4.08. The van der Waals surface area contributed by atoms with Gasteiger partial charge in [0, 0.05) is 0 Å². The van der Waals surface area contributed by atoms with Gasteiger partial charge in [-0.3, -0.25) is 0 Å². The highest BCUT2D eigenvalue weighted by Crippen LogP contribution is 2.04. The molecule has 1 N–H and O–H groups in total. The van der Waals surface area contributed by atoms with Gasteiger partial charge in [0.1, 0.15) is 0 Å². The summed E-state index contributed by atoms with van der Waals surface area (Å²) in [5, 5.41) is 3.14. The predicted octanol–water partition coefficient (Wildman–Crippen LogP) is 2.03. The van der Waals surface area contributed by atoms with Crippen molar-refractivity contribution in [3.05, 3.63) is 0 Å². The molecule has 0 aromatic heterocycles. The van der Waals surface area contributed by atoms with Crippen molar-refractivity contribution in [1.29, 1.82) is 0 Å². The highest BCUT2D eigenvalue weighted by molar-refractivity contribution is 4.47. The average Bonchev–Trinajstić information content (AvgIpc) is 1.80. The normalized spacial score (nSPS) is 10.7. The molecule has 1 nitrogen and oxygen atoms in total. The summed E-state index contributed by atoms with van der Waals surface area (Å²) < 4.78 is 0. The molecule has 0 spiro atoms. The molecular formula is C8H19N. The Hall–Kier alpha value is -0.0400. The van der Waals surface area contributed by atoms with E-state index in [1.165, 1.54) is 25.8 Å². The van der Waals surface area contributed by atoms with Crippen LogP contribution in [0, 0.1) is 5.92 Å². The molecule has 0 aromatic carbocycles. The smallest absolute Gasteiger partial charge is 0.00519 e. The summed E-state index contributed by atoms with van der Waals surface area (Å²) in [5.41, 5.74) is 0. The lowest BCUT2D eigenvalue weighted by atomic mass is 10.1. The van der Waals surface area contributed by atoms with Gasteiger partial charge in [-0.2, -0.15) is 0 Å². The van der Waals surface area contributed by atoms with Crippen molar-refractivity contribution >= 4 is 0 Å². The van der Waals surface area contributed by atoms with Gasteiger partial charge >= 0.3 is 0 Å². The van der Waals surface area contributed by atoms with E-state index < -0.39 is 0 Å². The van der Waals surface area contributed by atoms with Crippen molar-refractivity contribution in [2.24, 2.45) is 5.92 Å². The largest absolute Gasteiger partial charge is 0.320 e. The molecule has 0 aliphatic carbocycles. The van der Waals surface area contributed by atoms with E-state index in [1.807, 2.05) is 7.05 Å². The monoisotopic (exact) mass is 129 g/mol. The van der Waals surface area contributed by atoms with Crippen LogP contribution in [0.2, 0.25) is 0 Å². The van der Waals surface area contributed by atoms with Crippen LogP contribution < -0.4 is 5.32 Å². The third kappa shape index (κ3) is 7.96. The molecule has 56 valence electrons. The van der Waals surface area contributed by atoms with Crippen LogP contribution in [0.4, 0.5) is 0 Å². The van der Waals surface area contributed by atoms with Crippen molar-refractivity contribution in [3.8, 4) is 0 Å². The Morgan fingerprint density at radius 3 is 2.33 bits per heavy atom. The first-order valence-electron chi connectivity index (χ1n) is 3.92. The van der Waals surface area contributed by atoms with E-state index in [-0.39, 0.29) is 0 Å². The van der Waals surface area contributed by atoms with Crippen LogP contribution in [0.25, 0.3) is 0 Å². The summed E-state index contributed by atoms with van der Waals surface area (Å²) in [5.74, 6) is 0.877. The zero-order valence-corrected chi connectivity index (χ0v) is 6.91. The predicted molar refractivity (Wildman–Crippen MR) is 42.6 cm³/mol. The minimum absolute atomic E-state index is 0.877. The summed E-state index contributed by atoms with van der Waals surface area (Å²) in [6, 6.07) is 0. The minimum atomic E-state index is 0.877. The lowest BCUT2D eigenvalue weighted by molar-refractivity contribution is 0.530. The Bertz CT molecular complexity index is 50.5. The van der Waals surface area contributed by atoms with Crippen LogP contribution in [0.1, 0.15) is 33.1 Å². The highest BCUT2D eigenvalue weighted by atomic mass is 14.8. The third-order valence-corrected chi connectivity index (χ3v) is 1.46. The van der Waals surface area contributed by atoms with Crippen LogP contribution in [0.5, 0.6) is 0 Å². The molecule has 0 amide bonds. The number of hydrogen-bond acceptors (Lipinski definition) is 1. The van der Waals surface area contributed by atoms with Gasteiger partial charge in [-0.1, -0.05) is 26.7 Å². The summed E-state index contributed by atoms with van der Waals surface area (Å²) in [4.78, 5) is 0. The minimum Gasteiger partial charge on any atom is -0.320 e. The van der Waals surface area contributed by atoms with Gasteiger partial charge in [0.25, 0.3) is 0 Å². The van der Waals surface area contributed by atoms with Crippen LogP contribution in [-0.2, 0) is 0 Å². The Morgan fingerprint density at radius 1 is 1.22 bits per heavy atom. The van der Waals surface area contributed by atoms with E-state index in [2.05, 4.69) is 19.2 Å². The first-order valence-corrected chi connectivity index (χ1v) is 3.92. The number of hydrogen-bond donors (Lipinski definition) is 1. The van der Waals surface area contributed by atoms with E-state index in [1.54, 1.807) is 0 Å². The molecule has 0 unspecified atom stereocenters. The zero-order valence-electron chi connectivity index (χ0n) is 6.91. The second-order valence-corrected chi connectivity index (χ2v) is 2.99. The maximum absolute atomic E-state index is 3.14. The Kier molecular flexibility index (Phi) is 6.06. The Morgan fingerprint density at radius 2 is 1.89 bits per heavy atom. The number of rotatable bonds is 5. The number of nitrogens with one attached hydrogen (secondary N) is 1. The zero-order chi connectivity index (χ0) is 7.11. The Balaban J connectivity index is 2.75. The fraction of sp³-hybridized carbons (Fsp3) is 1.00. The third-order valence-electron chi connectivity index (χ3n) is 1.46. The topological polar surface area (TPSA) is 12.0 Å². The Labute approximate surface area is 58.8 Å². The standard InChI is InChI=1S/C8H19N/c1-8(2)6-4-5-7-9-3/h8-9H,4-7H2,1-3H3. The van der Waals surface area contributed by atoms with Gasteiger partial charge in [-0.15, -0.1) is 0 Å². The molecule has 0 aromatic rings. The quantitative estimate of drug-likeness (QED) is 0.560. The molecule has 0 rings (SSSR count). The van der Waals surface area contributed by atoms with Gasteiger partial charge in [0.15, 0.2) is 0 Å². The molecule has 0 saturated heterocycles. The van der Waals surface area contributed by atoms with Crippen molar-refractivity contribution < 1.29 is 0 Å². The molecular weight excluding hydrogens is 110 g/mol. The van der Waals surface area contributed by atoms with Gasteiger partial charge in [0.2, 0.25) is 0 Å². The molecule has 0 bridgehead atoms. The molecule has 0 aliphatic heterocycles. The lowest BCUT2D eigenvalue weighted by Crippen LogP contribution is -2.07. The van der Waals surface area contributed by atoms with Crippen molar-refractivity contribution in [2.45, 2.75) is 33.1 Å². The van der Waals surface area contributed by atoms with Gasteiger partial charge < -0.3 is 5.32 Å². The number of unbranched alkanes of at least 4 members (excludes halogenated alkanes) is 1. The second kappa shape index (κ2) is 6.09. The van der Waals surface area contributed by atoms with E-state index in [9.17, 15) is 0 Å². The maximum Gasteiger partial charge on any atom is -0.00519 e. The fourth-order valence-electron chi connectivity index (χ4n) is 0.854. The van der Waals surface area contributed by atoms with Gasteiger partial charge in [-0.05, 0) is 25.9 Å². The summed E-state index contributed by atoms with van der Waals surface area (Å²) in [6.45, 7) is 5.73. The van der Waals surface area contributed by atoms with Crippen molar-refractivity contribution in [1.82, 2.24) is 5.32 Å². The maximum atomic E-state index is 3.14. The van der Waals surface area contributed by atoms with Crippen molar-refractivity contribution in [3.63, 3.8) is 0 Å². The van der Waals surface area contributed by atoms with E-state index in [4.69, 9.17) is 0 Å². The van der Waals surface area contributed by atoms with E-state index in [0.717, 1.165) is 5.92 Å². The molecule has 0 aliphatic rings. The van der Waals surface area contributed by atoms with E-state index in [0.29, 0.717) is 0 Å². The van der Waals surface area contributed by atoms with Crippen molar-refractivity contribution in [2.75, 3.05) is 13.6 Å². The van der Waals surface area contributed by atoms with Crippen LogP contribution in [0.15, 0.2) is 0 Å². The molecule has 1 heteroatoms. The lowest BCUT2D eigenvalue weighted by Gasteiger charge is -2.02. The SMILES string of the molecule is CNCCCCC(C)C. The summed E-state index contributed by atoms with van der Waals surface area (Å²) >= 11 is 0. The van der Waals surface area contributed by atoms with Crippen LogP contribution in [-0.4, -0.2) is 13.6 Å². The first kappa shape index (κ1) is 8.96. The first-order chi connectivity index (χ1) is 4.27. The van der Waals surface area contributed by atoms with Gasteiger partial charge in [-0.25, -0.2) is 0 Å². The molecule has 0 fully saturated rings. The highest BCUT2D eigenvalue weighted by Gasteiger charge is 1.91. The van der Waals surface area contributed by atoms with Gasteiger partial charge in [0.05, 0.1) is 0 Å². The molecule has 9 heavy (non-hydrogen) atoms. The van der Waals surface area contributed by atoms with E-state index >= 15 is 0 Å². The summed E-state index contributed by atoms with van der Waals surface area (Å²) in [7, 11) is 2.01. The molecule has 0 radical (unpaired) electrons. The second-order valence-electron chi connectivity index (χ2n) is 2.99.